The van der Waals surface area contributed by atoms with Crippen molar-refractivity contribution in [3.8, 4) is 0 Å². The van der Waals surface area contributed by atoms with Gasteiger partial charge in [0.25, 0.3) is 0 Å². The van der Waals surface area contributed by atoms with Gasteiger partial charge < -0.3 is 10.8 Å². The van der Waals surface area contributed by atoms with Crippen molar-refractivity contribution in [1.29, 1.82) is 0 Å². The summed E-state index contributed by atoms with van der Waals surface area (Å²) in [5.74, 6) is 2.77. The van der Waals surface area contributed by atoms with Gasteiger partial charge in [-0.05, 0) is 61.7 Å². The van der Waals surface area contributed by atoms with Crippen LogP contribution in [0.4, 0.5) is 0 Å². The highest BCUT2D eigenvalue weighted by Gasteiger charge is 2.47. The number of carboxylic acids is 1. The Morgan fingerprint density at radius 2 is 1.65 bits per heavy atom. The molecule has 0 unspecified atom stereocenters. The monoisotopic (exact) mass is 236 g/mol. The van der Waals surface area contributed by atoms with Crippen molar-refractivity contribution in [2.45, 2.75) is 32.1 Å². The second-order valence-corrected chi connectivity index (χ2v) is 6.13. The molecule has 4 heteroatoms. The Kier molecular flexibility index (Phi) is 2.60. The average molecular weight is 236 g/mol. The summed E-state index contributed by atoms with van der Waals surface area (Å²) in [5, 5.41) is 8.71. The maximum atomic E-state index is 10.6. The molecule has 0 atom stereocenters. The fourth-order valence-corrected chi connectivity index (χ4v) is 4.61. The van der Waals surface area contributed by atoms with Crippen molar-refractivity contribution in [2.75, 3.05) is 6.54 Å². The number of rotatable bonds is 2. The van der Waals surface area contributed by atoms with Crippen molar-refractivity contribution < 1.29 is 9.90 Å². The third-order valence-electron chi connectivity index (χ3n) is 5.11. The molecule has 3 N–H and O–H groups in total. The molecular weight excluding hydrogens is 216 g/mol. The van der Waals surface area contributed by atoms with Crippen molar-refractivity contribution in [3.63, 3.8) is 0 Å². The van der Waals surface area contributed by atoms with E-state index >= 15 is 0 Å². The molecule has 4 bridgehead atoms. The molecule has 0 aromatic rings. The third-order valence-corrected chi connectivity index (χ3v) is 5.11. The van der Waals surface area contributed by atoms with Gasteiger partial charge in [0.05, 0.1) is 0 Å². The van der Waals surface area contributed by atoms with Crippen LogP contribution < -0.4 is 5.73 Å². The van der Waals surface area contributed by atoms with Crippen LogP contribution in [0.2, 0.25) is 0 Å². The van der Waals surface area contributed by atoms with Gasteiger partial charge >= 0.3 is 5.97 Å². The van der Waals surface area contributed by atoms with E-state index in [0.717, 1.165) is 23.7 Å². The Bertz CT molecular complexity index is 336. The lowest BCUT2D eigenvalue weighted by atomic mass is 9.52. The van der Waals surface area contributed by atoms with Gasteiger partial charge in [-0.25, -0.2) is 4.79 Å². The highest BCUT2D eigenvalue weighted by Crippen LogP contribution is 2.56. The second-order valence-electron chi connectivity index (χ2n) is 6.13. The SMILES string of the molecule is NC(=NCC1C2CC3CC(C2)CC1C3)C(=O)O. The van der Waals surface area contributed by atoms with Gasteiger partial charge in [-0.15, -0.1) is 0 Å². The normalized spacial score (nSPS) is 44.0. The fourth-order valence-electron chi connectivity index (χ4n) is 4.61. The van der Waals surface area contributed by atoms with Gasteiger partial charge in [-0.3, -0.25) is 4.99 Å². The van der Waals surface area contributed by atoms with E-state index in [0.29, 0.717) is 12.5 Å². The summed E-state index contributed by atoms with van der Waals surface area (Å²) in [6, 6.07) is 0. The van der Waals surface area contributed by atoms with E-state index in [1.165, 1.54) is 32.1 Å². The van der Waals surface area contributed by atoms with Crippen LogP contribution in [0.3, 0.4) is 0 Å². The Balaban J connectivity index is 1.68. The van der Waals surface area contributed by atoms with Gasteiger partial charge in [0, 0.05) is 6.54 Å². The number of carbonyl (C=O) groups is 1. The van der Waals surface area contributed by atoms with E-state index in [-0.39, 0.29) is 5.84 Å². The van der Waals surface area contributed by atoms with Crippen molar-refractivity contribution >= 4 is 11.8 Å². The van der Waals surface area contributed by atoms with E-state index in [1.807, 2.05) is 0 Å². The molecule has 0 heterocycles. The molecule has 0 saturated heterocycles. The first-order chi connectivity index (χ1) is 8.13. The summed E-state index contributed by atoms with van der Waals surface area (Å²) < 4.78 is 0. The molecule has 0 aromatic heterocycles. The zero-order valence-electron chi connectivity index (χ0n) is 10.0. The largest absolute Gasteiger partial charge is 0.475 e. The molecule has 0 aromatic carbocycles. The molecule has 0 amide bonds. The molecule has 0 spiro atoms. The predicted molar refractivity (Wildman–Crippen MR) is 64.7 cm³/mol. The first kappa shape index (κ1) is 11.1. The molecule has 94 valence electrons. The van der Waals surface area contributed by atoms with Gasteiger partial charge in [0.15, 0.2) is 0 Å². The Hall–Kier alpha value is -1.06. The summed E-state index contributed by atoms with van der Waals surface area (Å²) in [4.78, 5) is 14.7. The molecule has 0 aliphatic heterocycles. The maximum absolute atomic E-state index is 10.6. The Labute approximate surface area is 101 Å². The first-order valence-corrected chi connectivity index (χ1v) is 6.66. The topological polar surface area (TPSA) is 75.7 Å². The minimum Gasteiger partial charge on any atom is -0.475 e. The van der Waals surface area contributed by atoms with Crippen LogP contribution in [0.15, 0.2) is 4.99 Å². The van der Waals surface area contributed by atoms with Crippen LogP contribution in [-0.4, -0.2) is 23.5 Å². The molecule has 4 fully saturated rings. The van der Waals surface area contributed by atoms with Crippen molar-refractivity contribution in [1.82, 2.24) is 0 Å². The number of nitrogens with zero attached hydrogens (tertiary/aromatic N) is 1. The summed E-state index contributed by atoms with van der Waals surface area (Å²) in [6.45, 7) is 0.632. The zero-order valence-corrected chi connectivity index (χ0v) is 10.0. The van der Waals surface area contributed by atoms with Crippen LogP contribution in [0.25, 0.3) is 0 Å². The average Bonchev–Trinajstić information content (AvgIpc) is 2.26. The number of amidine groups is 1. The van der Waals surface area contributed by atoms with Gasteiger partial charge in [0.1, 0.15) is 0 Å². The van der Waals surface area contributed by atoms with Crippen molar-refractivity contribution in [3.05, 3.63) is 0 Å². The van der Waals surface area contributed by atoms with Crippen LogP contribution >= 0.6 is 0 Å². The van der Waals surface area contributed by atoms with Crippen LogP contribution in [-0.2, 0) is 4.79 Å². The number of aliphatic carboxylic acids is 1. The smallest absolute Gasteiger partial charge is 0.370 e. The minimum atomic E-state index is -1.09. The van der Waals surface area contributed by atoms with Crippen LogP contribution in [0.5, 0.6) is 0 Å². The van der Waals surface area contributed by atoms with Crippen LogP contribution in [0.1, 0.15) is 32.1 Å². The molecule has 4 saturated carbocycles. The summed E-state index contributed by atoms with van der Waals surface area (Å²) in [5.41, 5.74) is 5.37. The van der Waals surface area contributed by atoms with Gasteiger partial charge in [-0.1, -0.05) is 0 Å². The van der Waals surface area contributed by atoms with Crippen LogP contribution in [0, 0.1) is 29.6 Å². The van der Waals surface area contributed by atoms with E-state index in [1.54, 1.807) is 0 Å². The minimum absolute atomic E-state index is 0.223. The third kappa shape index (κ3) is 1.94. The number of carboxylic acid groups (broad SMARTS) is 1. The van der Waals surface area contributed by atoms with Crippen molar-refractivity contribution in [2.24, 2.45) is 40.3 Å². The van der Waals surface area contributed by atoms with E-state index < -0.39 is 5.97 Å². The Morgan fingerprint density at radius 3 is 2.12 bits per heavy atom. The standard InChI is InChI=1S/C13H20N2O2/c14-12(13(16)17)15-6-11-9-2-7-1-8(4-9)5-10(11)3-7/h7-11H,1-6H2,(H2,14,15)(H,16,17). The number of hydrogen-bond acceptors (Lipinski definition) is 2. The summed E-state index contributed by atoms with van der Waals surface area (Å²) in [6.07, 6.45) is 6.83. The molecule has 17 heavy (non-hydrogen) atoms. The predicted octanol–water partition coefficient (Wildman–Crippen LogP) is 1.50. The quantitative estimate of drug-likeness (QED) is 0.563. The number of hydrogen-bond donors (Lipinski definition) is 2. The lowest BCUT2D eigenvalue weighted by Gasteiger charge is -2.54. The lowest BCUT2D eigenvalue weighted by molar-refractivity contribution is -0.129. The second kappa shape index (κ2) is 4.00. The van der Waals surface area contributed by atoms with E-state index in [9.17, 15) is 4.79 Å². The zero-order chi connectivity index (χ0) is 12.0. The summed E-state index contributed by atoms with van der Waals surface area (Å²) >= 11 is 0. The highest BCUT2D eigenvalue weighted by molar-refractivity contribution is 6.33. The molecule has 0 radical (unpaired) electrons. The first-order valence-electron chi connectivity index (χ1n) is 6.66. The maximum Gasteiger partial charge on any atom is 0.370 e. The number of aliphatic imine (C=N–C) groups is 1. The molecule has 4 nitrogen and oxygen atoms in total. The molecule has 4 aliphatic carbocycles. The Morgan fingerprint density at radius 1 is 1.12 bits per heavy atom. The van der Waals surface area contributed by atoms with E-state index in [2.05, 4.69) is 4.99 Å². The molecule has 4 rings (SSSR count). The highest BCUT2D eigenvalue weighted by atomic mass is 16.4. The summed E-state index contributed by atoms with van der Waals surface area (Å²) in [7, 11) is 0. The lowest BCUT2D eigenvalue weighted by Crippen LogP contribution is -2.46. The molecular formula is C13H20N2O2. The van der Waals surface area contributed by atoms with E-state index in [4.69, 9.17) is 10.8 Å². The van der Waals surface area contributed by atoms with Gasteiger partial charge in [-0.2, -0.15) is 0 Å². The molecule has 4 aliphatic rings. The number of nitrogens with two attached hydrogens (primary N) is 1. The fraction of sp³-hybridized carbons (Fsp3) is 0.846. The van der Waals surface area contributed by atoms with Gasteiger partial charge in [0.2, 0.25) is 5.84 Å².